The fraction of sp³-hybridized carbons (Fsp3) is 0.474. The molecule has 3 aliphatic rings. The third-order valence-electron chi connectivity index (χ3n) is 5.47. The van der Waals surface area contributed by atoms with Crippen molar-refractivity contribution < 1.29 is 0 Å². The molecule has 22 heavy (non-hydrogen) atoms. The van der Waals surface area contributed by atoms with E-state index in [1.165, 1.54) is 61.0 Å². The summed E-state index contributed by atoms with van der Waals surface area (Å²) in [6.45, 7) is 0. The van der Waals surface area contributed by atoms with Crippen molar-refractivity contribution in [2.24, 2.45) is 0 Å². The lowest BCUT2D eigenvalue weighted by molar-refractivity contribution is 0.738. The van der Waals surface area contributed by atoms with E-state index in [1.54, 1.807) is 0 Å². The van der Waals surface area contributed by atoms with Gasteiger partial charge in [0.05, 0.1) is 11.4 Å². The molecule has 0 spiro atoms. The lowest BCUT2D eigenvalue weighted by atomic mass is 9.90. The van der Waals surface area contributed by atoms with Gasteiger partial charge in [-0.25, -0.2) is 0 Å². The number of aromatic nitrogens is 2. The Balaban J connectivity index is 1.57. The van der Waals surface area contributed by atoms with Crippen LogP contribution in [0.3, 0.4) is 0 Å². The minimum atomic E-state index is 0.101. The van der Waals surface area contributed by atoms with Crippen LogP contribution in [0.5, 0.6) is 0 Å². The molecule has 0 unspecified atom stereocenters. The van der Waals surface area contributed by atoms with Crippen LogP contribution in [0.1, 0.15) is 72.9 Å². The molecular formula is C19H19ClN2. The van der Waals surface area contributed by atoms with Gasteiger partial charge in [-0.3, -0.25) is 0 Å². The molecule has 2 aromatic rings. The van der Waals surface area contributed by atoms with Crippen molar-refractivity contribution in [2.75, 3.05) is 0 Å². The van der Waals surface area contributed by atoms with Crippen molar-refractivity contribution in [1.82, 2.24) is 10.2 Å². The highest BCUT2D eigenvalue weighted by atomic mass is 35.5. The van der Waals surface area contributed by atoms with Crippen molar-refractivity contribution in [2.45, 2.75) is 55.8 Å². The second-order valence-electron chi connectivity index (χ2n) is 7.21. The van der Waals surface area contributed by atoms with E-state index < -0.39 is 0 Å². The SMILES string of the molecule is Clc1ccc(C2(c3cc(C4CC4)c(C4CC4)nn3)CC2)cc1. The summed E-state index contributed by atoms with van der Waals surface area (Å²) in [5.74, 6) is 1.45. The lowest BCUT2D eigenvalue weighted by Gasteiger charge is -2.17. The van der Waals surface area contributed by atoms with Gasteiger partial charge in [-0.2, -0.15) is 10.2 Å². The molecule has 3 saturated carbocycles. The summed E-state index contributed by atoms with van der Waals surface area (Å²) in [4.78, 5) is 0. The molecule has 0 amide bonds. The Kier molecular flexibility index (Phi) is 2.70. The number of nitrogens with zero attached hydrogens (tertiary/aromatic N) is 2. The van der Waals surface area contributed by atoms with E-state index in [-0.39, 0.29) is 5.41 Å². The van der Waals surface area contributed by atoms with Crippen LogP contribution < -0.4 is 0 Å². The first-order valence-corrected chi connectivity index (χ1v) is 8.78. The van der Waals surface area contributed by atoms with Crippen LogP contribution in [-0.2, 0) is 5.41 Å². The first kappa shape index (κ1) is 13.1. The van der Waals surface area contributed by atoms with Crippen molar-refractivity contribution in [1.29, 1.82) is 0 Å². The Labute approximate surface area is 135 Å². The van der Waals surface area contributed by atoms with Gasteiger partial charge in [0.2, 0.25) is 0 Å². The van der Waals surface area contributed by atoms with Gasteiger partial charge >= 0.3 is 0 Å². The molecule has 3 heteroatoms. The van der Waals surface area contributed by atoms with Crippen LogP contribution in [-0.4, -0.2) is 10.2 Å². The molecule has 0 aliphatic heterocycles. The molecule has 1 aromatic carbocycles. The average molecular weight is 311 g/mol. The third kappa shape index (κ3) is 2.08. The monoisotopic (exact) mass is 310 g/mol. The number of rotatable bonds is 4. The predicted octanol–water partition coefficient (Wildman–Crippen LogP) is 4.96. The van der Waals surface area contributed by atoms with Gasteiger partial charge in [-0.15, -0.1) is 0 Å². The minimum Gasteiger partial charge on any atom is -0.155 e. The van der Waals surface area contributed by atoms with Gasteiger partial charge in [-0.1, -0.05) is 23.7 Å². The molecular weight excluding hydrogens is 292 g/mol. The van der Waals surface area contributed by atoms with E-state index in [4.69, 9.17) is 11.6 Å². The Morgan fingerprint density at radius 3 is 2.18 bits per heavy atom. The summed E-state index contributed by atoms with van der Waals surface area (Å²) in [7, 11) is 0. The molecule has 3 aliphatic carbocycles. The highest BCUT2D eigenvalue weighted by Crippen LogP contribution is 2.55. The van der Waals surface area contributed by atoms with Gasteiger partial charge in [0.15, 0.2) is 0 Å². The van der Waals surface area contributed by atoms with Crippen LogP contribution in [0.15, 0.2) is 30.3 Å². The Bertz CT molecular complexity index is 726. The molecule has 0 saturated heterocycles. The number of hydrogen-bond acceptors (Lipinski definition) is 2. The standard InChI is InChI=1S/C19H19ClN2/c20-15-7-5-14(6-8-15)19(9-10-19)17-11-16(12-1-2-12)18(22-21-17)13-3-4-13/h5-8,11-13H,1-4,9-10H2. The van der Waals surface area contributed by atoms with Gasteiger partial charge < -0.3 is 0 Å². The second-order valence-corrected chi connectivity index (χ2v) is 7.64. The van der Waals surface area contributed by atoms with E-state index in [1.807, 2.05) is 12.1 Å². The zero-order chi connectivity index (χ0) is 14.7. The first-order chi connectivity index (χ1) is 10.8. The summed E-state index contributed by atoms with van der Waals surface area (Å²) in [6, 6.07) is 10.7. The van der Waals surface area contributed by atoms with E-state index in [0.717, 1.165) is 10.9 Å². The second kappa shape index (κ2) is 4.55. The minimum absolute atomic E-state index is 0.101. The summed E-state index contributed by atoms with van der Waals surface area (Å²) in [6.07, 6.45) is 7.62. The molecule has 2 nitrogen and oxygen atoms in total. The highest BCUT2D eigenvalue weighted by Gasteiger charge is 2.48. The molecule has 3 fully saturated rings. The quantitative estimate of drug-likeness (QED) is 0.797. The summed E-state index contributed by atoms with van der Waals surface area (Å²) in [5, 5.41) is 10.1. The number of benzene rings is 1. The molecule has 112 valence electrons. The zero-order valence-corrected chi connectivity index (χ0v) is 13.3. The van der Waals surface area contributed by atoms with Gasteiger partial charge in [0, 0.05) is 16.4 Å². The fourth-order valence-electron chi connectivity index (χ4n) is 3.63. The van der Waals surface area contributed by atoms with Crippen LogP contribution in [0.2, 0.25) is 5.02 Å². The normalized spacial score (nSPS) is 22.6. The zero-order valence-electron chi connectivity index (χ0n) is 12.6. The Morgan fingerprint density at radius 2 is 1.59 bits per heavy atom. The van der Waals surface area contributed by atoms with E-state index in [9.17, 15) is 0 Å². The molecule has 5 rings (SSSR count). The molecule has 1 aromatic heterocycles. The maximum Gasteiger partial charge on any atom is 0.0739 e. The van der Waals surface area contributed by atoms with Crippen molar-refractivity contribution in [3.63, 3.8) is 0 Å². The molecule has 0 radical (unpaired) electrons. The van der Waals surface area contributed by atoms with Gasteiger partial charge in [0.25, 0.3) is 0 Å². The Morgan fingerprint density at radius 1 is 0.909 bits per heavy atom. The maximum absolute atomic E-state index is 6.04. The van der Waals surface area contributed by atoms with Crippen LogP contribution in [0.4, 0.5) is 0 Å². The molecule has 0 N–H and O–H groups in total. The predicted molar refractivity (Wildman–Crippen MR) is 87.4 cm³/mol. The molecule has 1 heterocycles. The smallest absolute Gasteiger partial charge is 0.0739 e. The lowest BCUT2D eigenvalue weighted by Crippen LogP contribution is -2.14. The van der Waals surface area contributed by atoms with E-state index in [2.05, 4.69) is 28.4 Å². The van der Waals surface area contributed by atoms with Crippen LogP contribution >= 0.6 is 11.6 Å². The molecule has 0 atom stereocenters. The fourth-order valence-corrected chi connectivity index (χ4v) is 3.76. The maximum atomic E-state index is 6.04. The van der Waals surface area contributed by atoms with Gasteiger partial charge in [0.1, 0.15) is 0 Å². The van der Waals surface area contributed by atoms with Crippen LogP contribution in [0, 0.1) is 0 Å². The van der Waals surface area contributed by atoms with Crippen LogP contribution in [0.25, 0.3) is 0 Å². The first-order valence-electron chi connectivity index (χ1n) is 8.40. The Hall–Kier alpha value is -1.41. The van der Waals surface area contributed by atoms with E-state index in [0.29, 0.717) is 5.92 Å². The van der Waals surface area contributed by atoms with E-state index >= 15 is 0 Å². The summed E-state index contributed by atoms with van der Waals surface area (Å²) >= 11 is 6.04. The topological polar surface area (TPSA) is 25.8 Å². The largest absolute Gasteiger partial charge is 0.155 e. The number of halogens is 1. The van der Waals surface area contributed by atoms with Crippen molar-refractivity contribution >= 4 is 11.6 Å². The van der Waals surface area contributed by atoms with Gasteiger partial charge in [-0.05, 0) is 73.8 Å². The average Bonchev–Trinajstić information content (AvgIpc) is 3.41. The molecule has 0 bridgehead atoms. The number of hydrogen-bond donors (Lipinski definition) is 0. The summed E-state index contributed by atoms with van der Waals surface area (Å²) in [5.41, 5.74) is 5.43. The third-order valence-corrected chi connectivity index (χ3v) is 5.72. The highest BCUT2D eigenvalue weighted by molar-refractivity contribution is 6.30. The summed E-state index contributed by atoms with van der Waals surface area (Å²) < 4.78 is 0. The van der Waals surface area contributed by atoms with Crippen molar-refractivity contribution in [3.05, 3.63) is 57.9 Å². The van der Waals surface area contributed by atoms with Crippen molar-refractivity contribution in [3.8, 4) is 0 Å².